The van der Waals surface area contributed by atoms with Crippen LogP contribution in [0.2, 0.25) is 5.02 Å². The van der Waals surface area contributed by atoms with Gasteiger partial charge in [-0.15, -0.1) is 0 Å². The van der Waals surface area contributed by atoms with Crippen molar-refractivity contribution < 1.29 is 9.53 Å². The molecule has 0 saturated heterocycles. The lowest BCUT2D eigenvalue weighted by molar-refractivity contribution is 0.102. The topological polar surface area (TPSA) is 54.5 Å². The van der Waals surface area contributed by atoms with Gasteiger partial charge in [-0.05, 0) is 30.3 Å². The number of amides is 1. The van der Waals surface area contributed by atoms with Crippen LogP contribution in [0.4, 0.5) is 11.5 Å². The lowest BCUT2D eigenvalue weighted by atomic mass is 10.2. The second-order valence-electron chi connectivity index (χ2n) is 4.60. The third kappa shape index (κ3) is 3.64. The Kier molecular flexibility index (Phi) is 4.65. The van der Waals surface area contributed by atoms with E-state index in [1.165, 1.54) is 13.3 Å². The third-order valence-corrected chi connectivity index (χ3v) is 3.11. The monoisotopic (exact) mass is 305 g/mol. The Labute approximate surface area is 128 Å². The van der Waals surface area contributed by atoms with E-state index in [4.69, 9.17) is 16.3 Å². The number of aromatic nitrogens is 1. The molecule has 2 rings (SSSR count). The van der Waals surface area contributed by atoms with Gasteiger partial charge in [-0.2, -0.15) is 0 Å². The van der Waals surface area contributed by atoms with Gasteiger partial charge in [0, 0.05) is 25.3 Å². The van der Waals surface area contributed by atoms with Crippen LogP contribution in [0.3, 0.4) is 0 Å². The van der Waals surface area contributed by atoms with Crippen molar-refractivity contribution in [3.63, 3.8) is 0 Å². The number of benzene rings is 1. The molecule has 5 nitrogen and oxygen atoms in total. The van der Waals surface area contributed by atoms with Crippen molar-refractivity contribution in [3.05, 3.63) is 47.1 Å². The van der Waals surface area contributed by atoms with E-state index in [1.807, 2.05) is 19.0 Å². The summed E-state index contributed by atoms with van der Waals surface area (Å²) < 4.78 is 5.19. The number of rotatable bonds is 4. The molecule has 0 unspecified atom stereocenters. The molecular formula is C15H16ClN3O2. The lowest BCUT2D eigenvalue weighted by Gasteiger charge is -2.12. The number of hydrogen-bond acceptors (Lipinski definition) is 4. The number of carbonyl (C=O) groups excluding carboxylic acids is 1. The Bertz CT molecular complexity index is 642. The molecular weight excluding hydrogens is 290 g/mol. The van der Waals surface area contributed by atoms with Crippen LogP contribution in [0, 0.1) is 0 Å². The molecule has 0 aliphatic carbocycles. The first-order valence-electron chi connectivity index (χ1n) is 6.29. The summed E-state index contributed by atoms with van der Waals surface area (Å²) in [5, 5.41) is 3.29. The third-order valence-electron chi connectivity index (χ3n) is 2.88. The standard InChI is InChI=1S/C15H16ClN3O2/c1-19(2)14-7-4-10(9-17-14)15(20)18-12-8-11(16)5-6-13(12)21-3/h4-9H,1-3H3,(H,18,20). The fourth-order valence-electron chi connectivity index (χ4n) is 1.76. The molecule has 0 aliphatic heterocycles. The highest BCUT2D eigenvalue weighted by Gasteiger charge is 2.11. The first kappa shape index (κ1) is 15.1. The second-order valence-corrected chi connectivity index (χ2v) is 5.03. The van der Waals surface area contributed by atoms with E-state index in [1.54, 1.807) is 30.3 Å². The van der Waals surface area contributed by atoms with E-state index in [-0.39, 0.29) is 5.91 Å². The predicted octanol–water partition coefficient (Wildman–Crippen LogP) is 3.06. The molecule has 0 aliphatic rings. The Morgan fingerprint density at radius 2 is 2.05 bits per heavy atom. The highest BCUT2D eigenvalue weighted by atomic mass is 35.5. The highest BCUT2D eigenvalue weighted by molar-refractivity contribution is 6.31. The Morgan fingerprint density at radius 1 is 1.29 bits per heavy atom. The molecule has 1 N–H and O–H groups in total. The van der Waals surface area contributed by atoms with Gasteiger partial charge < -0.3 is 15.0 Å². The van der Waals surface area contributed by atoms with Crippen LogP contribution in [0.15, 0.2) is 36.5 Å². The van der Waals surface area contributed by atoms with Crippen LogP contribution >= 0.6 is 11.6 Å². The summed E-state index contributed by atoms with van der Waals surface area (Å²) in [6.07, 6.45) is 1.53. The Balaban J connectivity index is 2.19. The van der Waals surface area contributed by atoms with Crippen LogP contribution in [0.25, 0.3) is 0 Å². The molecule has 0 atom stereocenters. The normalized spacial score (nSPS) is 10.1. The molecule has 1 aromatic heterocycles. The zero-order valence-corrected chi connectivity index (χ0v) is 12.8. The molecule has 0 fully saturated rings. The van der Waals surface area contributed by atoms with Crippen molar-refractivity contribution in [2.45, 2.75) is 0 Å². The number of anilines is 2. The molecule has 21 heavy (non-hydrogen) atoms. The largest absolute Gasteiger partial charge is 0.495 e. The molecule has 6 heteroatoms. The molecule has 0 spiro atoms. The second kappa shape index (κ2) is 6.45. The molecule has 1 aromatic carbocycles. The van der Waals surface area contributed by atoms with E-state index < -0.39 is 0 Å². The van der Waals surface area contributed by atoms with E-state index >= 15 is 0 Å². The highest BCUT2D eigenvalue weighted by Crippen LogP contribution is 2.28. The maximum Gasteiger partial charge on any atom is 0.257 e. The van der Waals surface area contributed by atoms with Gasteiger partial charge in [-0.25, -0.2) is 4.98 Å². The van der Waals surface area contributed by atoms with Crippen molar-refractivity contribution in [3.8, 4) is 5.75 Å². The summed E-state index contributed by atoms with van der Waals surface area (Å²) in [4.78, 5) is 18.3. The maximum atomic E-state index is 12.2. The van der Waals surface area contributed by atoms with Gasteiger partial charge in [0.1, 0.15) is 11.6 Å². The van der Waals surface area contributed by atoms with Crippen molar-refractivity contribution in [2.24, 2.45) is 0 Å². The number of nitrogens with one attached hydrogen (secondary N) is 1. The van der Waals surface area contributed by atoms with Crippen LogP contribution < -0.4 is 15.0 Å². The van der Waals surface area contributed by atoms with Gasteiger partial charge in [-0.3, -0.25) is 4.79 Å². The molecule has 0 radical (unpaired) electrons. The zero-order chi connectivity index (χ0) is 15.4. The number of hydrogen-bond donors (Lipinski definition) is 1. The van der Waals surface area contributed by atoms with Gasteiger partial charge in [0.2, 0.25) is 0 Å². The van der Waals surface area contributed by atoms with Crippen LogP contribution in [0.1, 0.15) is 10.4 Å². The van der Waals surface area contributed by atoms with E-state index in [2.05, 4.69) is 10.3 Å². The number of halogens is 1. The Morgan fingerprint density at radius 3 is 2.62 bits per heavy atom. The number of methoxy groups -OCH3 is 1. The fourth-order valence-corrected chi connectivity index (χ4v) is 1.93. The van der Waals surface area contributed by atoms with Gasteiger partial charge in [0.05, 0.1) is 18.4 Å². The van der Waals surface area contributed by atoms with Gasteiger partial charge >= 0.3 is 0 Å². The number of nitrogens with zero attached hydrogens (tertiary/aromatic N) is 2. The summed E-state index contributed by atoms with van der Waals surface area (Å²) in [7, 11) is 5.31. The number of ether oxygens (including phenoxy) is 1. The molecule has 0 bridgehead atoms. The van der Waals surface area contributed by atoms with Crippen LogP contribution in [-0.4, -0.2) is 32.1 Å². The summed E-state index contributed by atoms with van der Waals surface area (Å²) in [5.74, 6) is 1.06. The van der Waals surface area contributed by atoms with Crippen molar-refractivity contribution >= 4 is 29.0 Å². The first-order chi connectivity index (χ1) is 10.0. The number of carbonyl (C=O) groups is 1. The van der Waals surface area contributed by atoms with Gasteiger partial charge in [0.25, 0.3) is 5.91 Å². The summed E-state index contributed by atoms with van der Waals surface area (Å²) >= 11 is 5.93. The minimum atomic E-state index is -0.270. The van der Waals surface area contributed by atoms with E-state index in [0.717, 1.165) is 5.82 Å². The van der Waals surface area contributed by atoms with Crippen molar-refractivity contribution in [1.29, 1.82) is 0 Å². The minimum absolute atomic E-state index is 0.270. The zero-order valence-electron chi connectivity index (χ0n) is 12.1. The smallest absolute Gasteiger partial charge is 0.257 e. The molecule has 1 amide bonds. The quantitative estimate of drug-likeness (QED) is 0.943. The van der Waals surface area contributed by atoms with E-state index in [9.17, 15) is 4.79 Å². The molecule has 110 valence electrons. The average molecular weight is 306 g/mol. The summed E-state index contributed by atoms with van der Waals surface area (Å²) in [6.45, 7) is 0. The Hall–Kier alpha value is -2.27. The van der Waals surface area contributed by atoms with Crippen molar-refractivity contribution in [1.82, 2.24) is 4.98 Å². The minimum Gasteiger partial charge on any atom is -0.495 e. The van der Waals surface area contributed by atoms with Gasteiger partial charge in [-0.1, -0.05) is 11.6 Å². The summed E-state index contributed by atoms with van der Waals surface area (Å²) in [6, 6.07) is 8.54. The van der Waals surface area contributed by atoms with Gasteiger partial charge in [0.15, 0.2) is 0 Å². The number of pyridine rings is 1. The fraction of sp³-hybridized carbons (Fsp3) is 0.200. The molecule has 0 saturated carbocycles. The first-order valence-corrected chi connectivity index (χ1v) is 6.67. The van der Waals surface area contributed by atoms with Crippen LogP contribution in [0.5, 0.6) is 5.75 Å². The average Bonchev–Trinajstić information content (AvgIpc) is 2.47. The predicted molar refractivity (Wildman–Crippen MR) is 84.5 cm³/mol. The maximum absolute atomic E-state index is 12.2. The summed E-state index contributed by atoms with van der Waals surface area (Å²) in [5.41, 5.74) is 0.981. The molecule has 2 aromatic rings. The molecule has 1 heterocycles. The SMILES string of the molecule is COc1ccc(Cl)cc1NC(=O)c1ccc(N(C)C)nc1. The van der Waals surface area contributed by atoms with E-state index in [0.29, 0.717) is 22.0 Å². The lowest BCUT2D eigenvalue weighted by Crippen LogP contribution is -2.15. The van der Waals surface area contributed by atoms with Crippen molar-refractivity contribution in [2.75, 3.05) is 31.4 Å². The van der Waals surface area contributed by atoms with Crippen LogP contribution in [-0.2, 0) is 0 Å².